The molecular formula is C36H50N4O. The number of rotatable bonds is 8. The van der Waals surface area contributed by atoms with Gasteiger partial charge in [-0.2, -0.15) is 0 Å². The molecule has 0 aliphatic carbocycles. The van der Waals surface area contributed by atoms with Gasteiger partial charge in [0.2, 0.25) is 0 Å². The Morgan fingerprint density at radius 3 is 1.34 bits per heavy atom. The number of phenols is 1. The van der Waals surface area contributed by atoms with E-state index in [1.165, 1.54) is 16.9 Å². The fraction of sp³-hybridized carbons (Fsp3) is 0.500. The third kappa shape index (κ3) is 7.64. The Kier molecular flexibility index (Phi) is 8.96. The van der Waals surface area contributed by atoms with Gasteiger partial charge in [-0.15, -0.1) is 0 Å². The van der Waals surface area contributed by atoms with Crippen molar-refractivity contribution in [2.45, 2.75) is 59.5 Å². The van der Waals surface area contributed by atoms with Gasteiger partial charge in [0.1, 0.15) is 5.75 Å². The first-order chi connectivity index (χ1) is 19.6. The maximum absolute atomic E-state index is 11.7. The third-order valence-electron chi connectivity index (χ3n) is 8.80. The summed E-state index contributed by atoms with van der Waals surface area (Å²) in [6.45, 7) is 21.4. The zero-order valence-electron chi connectivity index (χ0n) is 25.9. The number of phenolic OH excluding ortho intramolecular Hbond substituents is 1. The summed E-state index contributed by atoms with van der Waals surface area (Å²) >= 11 is 0. The Morgan fingerprint density at radius 2 is 0.976 bits per heavy atom. The fourth-order valence-corrected chi connectivity index (χ4v) is 6.91. The quantitative estimate of drug-likeness (QED) is 0.333. The molecule has 0 spiro atoms. The summed E-state index contributed by atoms with van der Waals surface area (Å²) in [6, 6.07) is 26.1. The van der Waals surface area contributed by atoms with Crippen LogP contribution in [0.2, 0.25) is 0 Å². The highest BCUT2D eigenvalue weighted by Crippen LogP contribution is 2.39. The second-order valence-electron chi connectivity index (χ2n) is 14.0. The number of para-hydroxylation sites is 2. The molecule has 2 saturated heterocycles. The molecule has 0 amide bonds. The van der Waals surface area contributed by atoms with Crippen molar-refractivity contribution in [3.8, 4) is 5.75 Å². The van der Waals surface area contributed by atoms with Crippen molar-refractivity contribution in [3.63, 3.8) is 0 Å². The molecule has 0 atom stereocenters. The molecule has 41 heavy (non-hydrogen) atoms. The molecule has 0 radical (unpaired) electrons. The van der Waals surface area contributed by atoms with Crippen LogP contribution in [0.15, 0.2) is 72.8 Å². The van der Waals surface area contributed by atoms with E-state index in [0.717, 1.165) is 83.0 Å². The molecule has 3 aromatic carbocycles. The van der Waals surface area contributed by atoms with E-state index in [0.29, 0.717) is 5.75 Å². The zero-order valence-corrected chi connectivity index (χ0v) is 25.9. The molecule has 2 heterocycles. The Hall–Kier alpha value is -3.02. The molecule has 5 rings (SSSR count). The second-order valence-corrected chi connectivity index (χ2v) is 14.0. The van der Waals surface area contributed by atoms with Gasteiger partial charge in [-0.1, -0.05) is 83.1 Å². The van der Waals surface area contributed by atoms with E-state index in [1.807, 2.05) is 0 Å². The lowest BCUT2D eigenvalue weighted by Crippen LogP contribution is -2.46. The number of hydrogen-bond donors (Lipinski definition) is 1. The van der Waals surface area contributed by atoms with Crippen LogP contribution in [0.3, 0.4) is 0 Å². The van der Waals surface area contributed by atoms with Crippen molar-refractivity contribution < 1.29 is 5.11 Å². The van der Waals surface area contributed by atoms with Gasteiger partial charge in [-0.25, -0.2) is 0 Å². The van der Waals surface area contributed by atoms with E-state index < -0.39 is 0 Å². The first kappa shape index (κ1) is 29.5. The van der Waals surface area contributed by atoms with Gasteiger partial charge in [0.25, 0.3) is 0 Å². The van der Waals surface area contributed by atoms with E-state index in [9.17, 15) is 5.11 Å². The van der Waals surface area contributed by atoms with Crippen molar-refractivity contribution in [1.29, 1.82) is 0 Å². The smallest absolute Gasteiger partial charge is 0.124 e. The molecule has 2 aliphatic heterocycles. The van der Waals surface area contributed by atoms with Crippen LogP contribution in [-0.2, 0) is 18.5 Å². The average Bonchev–Trinajstić information content (AvgIpc) is 2.95. The molecule has 0 saturated carbocycles. The molecule has 2 aliphatic rings. The van der Waals surface area contributed by atoms with Crippen molar-refractivity contribution in [2.75, 3.05) is 62.2 Å². The van der Waals surface area contributed by atoms with Crippen LogP contribution in [0.4, 0.5) is 11.4 Å². The highest BCUT2D eigenvalue weighted by molar-refractivity contribution is 5.49. The Labute approximate surface area is 248 Å². The number of nitrogens with zero attached hydrogens (tertiary/aromatic N) is 4. The molecule has 0 aromatic heterocycles. The molecule has 5 heteroatoms. The minimum Gasteiger partial charge on any atom is -0.507 e. The molecule has 3 aromatic rings. The molecule has 220 valence electrons. The standard InChI is InChI=1S/C36H50N4O/c1-35(2,3)28-36(4,5)31-24-29(26-37-16-20-39(21-17-37)32-12-8-6-9-13-32)34(41)30(25-31)27-38-18-22-40(23-19-38)33-14-10-7-11-15-33/h6-15,24-25,41H,16-23,26-28H2,1-5H3. The van der Waals surface area contributed by atoms with Crippen molar-refractivity contribution in [2.24, 2.45) is 5.41 Å². The van der Waals surface area contributed by atoms with Gasteiger partial charge in [-0.3, -0.25) is 9.80 Å². The van der Waals surface area contributed by atoms with Crippen molar-refractivity contribution in [3.05, 3.63) is 89.5 Å². The average molecular weight is 555 g/mol. The predicted octanol–water partition coefficient (Wildman–Crippen LogP) is 6.75. The zero-order chi connectivity index (χ0) is 29.0. The summed E-state index contributed by atoms with van der Waals surface area (Å²) in [5, 5.41) is 11.7. The van der Waals surface area contributed by atoms with Gasteiger partial charge in [0, 0.05) is 87.9 Å². The van der Waals surface area contributed by atoms with Gasteiger partial charge < -0.3 is 14.9 Å². The lowest BCUT2D eigenvalue weighted by atomic mass is 9.71. The summed E-state index contributed by atoms with van der Waals surface area (Å²) in [5.74, 6) is 0.497. The minimum atomic E-state index is 0.0213. The summed E-state index contributed by atoms with van der Waals surface area (Å²) in [7, 11) is 0. The number of hydrogen-bond acceptors (Lipinski definition) is 5. The van der Waals surface area contributed by atoms with E-state index in [-0.39, 0.29) is 10.8 Å². The van der Waals surface area contributed by atoms with E-state index in [1.54, 1.807) is 0 Å². The Balaban J connectivity index is 1.32. The monoisotopic (exact) mass is 554 g/mol. The number of aromatic hydroxyl groups is 1. The van der Waals surface area contributed by atoms with Crippen LogP contribution < -0.4 is 9.80 Å². The van der Waals surface area contributed by atoms with Crippen molar-refractivity contribution >= 4 is 11.4 Å². The number of piperazine rings is 2. The van der Waals surface area contributed by atoms with Gasteiger partial charge >= 0.3 is 0 Å². The van der Waals surface area contributed by atoms with Crippen LogP contribution >= 0.6 is 0 Å². The highest BCUT2D eigenvalue weighted by atomic mass is 16.3. The lowest BCUT2D eigenvalue weighted by Gasteiger charge is -2.38. The minimum absolute atomic E-state index is 0.0213. The fourth-order valence-electron chi connectivity index (χ4n) is 6.91. The molecule has 0 bridgehead atoms. The normalized spacial score (nSPS) is 17.7. The summed E-state index contributed by atoms with van der Waals surface area (Å²) < 4.78 is 0. The van der Waals surface area contributed by atoms with Gasteiger partial charge in [-0.05, 0) is 47.1 Å². The number of benzene rings is 3. The third-order valence-corrected chi connectivity index (χ3v) is 8.80. The molecule has 1 N–H and O–H groups in total. The van der Waals surface area contributed by atoms with Crippen LogP contribution in [-0.4, -0.2) is 67.3 Å². The highest BCUT2D eigenvalue weighted by Gasteiger charge is 2.30. The lowest BCUT2D eigenvalue weighted by molar-refractivity contribution is 0.238. The SMILES string of the molecule is CC(C)(C)CC(C)(C)c1cc(CN2CCN(c3ccccc3)CC2)c(O)c(CN2CCN(c3ccccc3)CC2)c1. The van der Waals surface area contributed by atoms with Crippen LogP contribution in [0, 0.1) is 5.41 Å². The maximum atomic E-state index is 11.7. The van der Waals surface area contributed by atoms with Crippen molar-refractivity contribution in [1.82, 2.24) is 9.80 Å². The number of anilines is 2. The summed E-state index contributed by atoms with van der Waals surface area (Å²) in [5.41, 5.74) is 6.36. The van der Waals surface area contributed by atoms with Gasteiger partial charge in [0.05, 0.1) is 0 Å². The maximum Gasteiger partial charge on any atom is 0.124 e. The molecular weight excluding hydrogens is 504 g/mol. The summed E-state index contributed by atoms with van der Waals surface area (Å²) in [4.78, 5) is 9.97. The molecule has 5 nitrogen and oxygen atoms in total. The summed E-state index contributed by atoms with van der Waals surface area (Å²) in [6.07, 6.45) is 1.09. The van der Waals surface area contributed by atoms with E-state index in [2.05, 4.69) is 127 Å². The topological polar surface area (TPSA) is 33.2 Å². The van der Waals surface area contributed by atoms with Crippen LogP contribution in [0.5, 0.6) is 5.75 Å². The Bertz CT molecular complexity index is 1170. The predicted molar refractivity (Wildman–Crippen MR) is 173 cm³/mol. The van der Waals surface area contributed by atoms with E-state index in [4.69, 9.17) is 0 Å². The molecule has 2 fully saturated rings. The first-order valence-electron chi connectivity index (χ1n) is 15.5. The first-order valence-corrected chi connectivity index (χ1v) is 15.5. The van der Waals surface area contributed by atoms with Crippen LogP contribution in [0.25, 0.3) is 0 Å². The molecule has 0 unspecified atom stereocenters. The van der Waals surface area contributed by atoms with E-state index >= 15 is 0 Å². The van der Waals surface area contributed by atoms with Crippen LogP contribution in [0.1, 0.15) is 57.7 Å². The van der Waals surface area contributed by atoms with Gasteiger partial charge in [0.15, 0.2) is 0 Å². The second kappa shape index (κ2) is 12.5. The Morgan fingerprint density at radius 1 is 0.585 bits per heavy atom. The largest absolute Gasteiger partial charge is 0.507 e.